The van der Waals surface area contributed by atoms with Crippen LogP contribution in [-0.2, 0) is 13.5 Å². The van der Waals surface area contributed by atoms with Gasteiger partial charge in [-0.2, -0.15) is 4.80 Å². The van der Waals surface area contributed by atoms with Crippen molar-refractivity contribution in [2.24, 2.45) is 7.05 Å². The number of tetrazole rings is 1. The molecule has 1 heterocycles. The van der Waals surface area contributed by atoms with Crippen LogP contribution in [0.3, 0.4) is 0 Å². The summed E-state index contributed by atoms with van der Waals surface area (Å²) in [7, 11) is 1.76. The van der Waals surface area contributed by atoms with E-state index in [0.717, 1.165) is 12.0 Å². The summed E-state index contributed by atoms with van der Waals surface area (Å²) in [5, 5.41) is 11.9. The highest BCUT2D eigenvalue weighted by atomic mass is 15.6. The van der Waals surface area contributed by atoms with E-state index in [1.54, 1.807) is 7.05 Å². The van der Waals surface area contributed by atoms with Crippen LogP contribution in [0.15, 0.2) is 24.3 Å². The zero-order valence-electron chi connectivity index (χ0n) is 8.31. The normalized spacial score (nSPS) is 10.4. The van der Waals surface area contributed by atoms with Crippen LogP contribution in [-0.4, -0.2) is 20.2 Å². The van der Waals surface area contributed by atoms with Crippen molar-refractivity contribution >= 4 is 0 Å². The lowest BCUT2D eigenvalue weighted by molar-refractivity contribution is 0.630. The molecule has 1 aromatic carbocycles. The summed E-state index contributed by atoms with van der Waals surface area (Å²) in [5.41, 5.74) is 2.31. The first-order valence-electron chi connectivity index (χ1n) is 4.63. The van der Waals surface area contributed by atoms with Gasteiger partial charge in [0.1, 0.15) is 0 Å². The van der Waals surface area contributed by atoms with Gasteiger partial charge in [-0.3, -0.25) is 0 Å². The summed E-state index contributed by atoms with van der Waals surface area (Å²) < 4.78 is 0. The van der Waals surface area contributed by atoms with E-state index in [2.05, 4.69) is 34.5 Å². The maximum Gasteiger partial charge on any atom is 0.204 e. The van der Waals surface area contributed by atoms with E-state index in [1.807, 2.05) is 12.1 Å². The number of hydrogen-bond donors (Lipinski definition) is 0. The Kier molecular flexibility index (Phi) is 2.26. The molecule has 0 unspecified atom stereocenters. The molecule has 0 aliphatic rings. The smallest absolute Gasteiger partial charge is 0.167 e. The van der Waals surface area contributed by atoms with Gasteiger partial charge in [0.15, 0.2) is 0 Å². The Morgan fingerprint density at radius 2 is 2.21 bits per heavy atom. The molecule has 14 heavy (non-hydrogen) atoms. The molecule has 0 N–H and O–H groups in total. The molecule has 1 aromatic heterocycles. The predicted octanol–water partition coefficient (Wildman–Crippen LogP) is 1.44. The van der Waals surface area contributed by atoms with E-state index in [4.69, 9.17) is 0 Å². The standard InChI is InChI=1S/C10H12N4/c1-3-8-5-4-6-9(7-8)10-11-13-14(2)12-10/h4-7H,3H2,1-2H3. The fraction of sp³-hybridized carbons (Fsp3) is 0.300. The highest BCUT2D eigenvalue weighted by Crippen LogP contribution is 2.15. The number of rotatable bonds is 2. The second-order valence-electron chi connectivity index (χ2n) is 3.16. The van der Waals surface area contributed by atoms with Crippen molar-refractivity contribution in [1.82, 2.24) is 20.2 Å². The molecular formula is C10H12N4. The molecule has 2 aromatic rings. The van der Waals surface area contributed by atoms with Crippen LogP contribution < -0.4 is 0 Å². The van der Waals surface area contributed by atoms with Crippen molar-refractivity contribution in [3.05, 3.63) is 29.8 Å². The third-order valence-corrected chi connectivity index (χ3v) is 2.10. The van der Waals surface area contributed by atoms with Crippen LogP contribution in [0.5, 0.6) is 0 Å². The van der Waals surface area contributed by atoms with Gasteiger partial charge in [0, 0.05) is 5.56 Å². The van der Waals surface area contributed by atoms with E-state index in [0.29, 0.717) is 5.82 Å². The molecule has 0 aliphatic heterocycles. The van der Waals surface area contributed by atoms with Gasteiger partial charge in [-0.05, 0) is 23.3 Å². The van der Waals surface area contributed by atoms with Gasteiger partial charge >= 0.3 is 0 Å². The lowest BCUT2D eigenvalue weighted by Crippen LogP contribution is -1.92. The molecule has 0 aliphatic carbocycles. The third-order valence-electron chi connectivity index (χ3n) is 2.10. The van der Waals surface area contributed by atoms with Gasteiger partial charge in [0.2, 0.25) is 5.82 Å². The molecule has 0 atom stereocenters. The number of aromatic nitrogens is 4. The molecule has 0 amide bonds. The van der Waals surface area contributed by atoms with Crippen LogP contribution in [0.25, 0.3) is 11.4 Å². The van der Waals surface area contributed by atoms with E-state index in [9.17, 15) is 0 Å². The Morgan fingerprint density at radius 1 is 1.36 bits per heavy atom. The summed E-state index contributed by atoms with van der Waals surface area (Å²) in [5.74, 6) is 0.683. The first-order chi connectivity index (χ1) is 6.79. The van der Waals surface area contributed by atoms with Crippen molar-refractivity contribution in [2.45, 2.75) is 13.3 Å². The molecule has 0 saturated carbocycles. The van der Waals surface area contributed by atoms with Gasteiger partial charge in [-0.1, -0.05) is 25.1 Å². The summed E-state index contributed by atoms with van der Waals surface area (Å²) >= 11 is 0. The van der Waals surface area contributed by atoms with Crippen molar-refractivity contribution in [3.63, 3.8) is 0 Å². The minimum absolute atomic E-state index is 0.683. The summed E-state index contributed by atoms with van der Waals surface area (Å²) in [6.07, 6.45) is 1.02. The lowest BCUT2D eigenvalue weighted by atomic mass is 10.1. The molecule has 0 fully saturated rings. The van der Waals surface area contributed by atoms with Gasteiger partial charge in [-0.15, -0.1) is 10.2 Å². The molecule has 0 spiro atoms. The van der Waals surface area contributed by atoms with Gasteiger partial charge in [-0.25, -0.2) is 0 Å². The van der Waals surface area contributed by atoms with Gasteiger partial charge in [0.25, 0.3) is 0 Å². The Balaban J connectivity index is 2.41. The van der Waals surface area contributed by atoms with Gasteiger partial charge in [0.05, 0.1) is 7.05 Å². The second kappa shape index (κ2) is 3.57. The van der Waals surface area contributed by atoms with Gasteiger partial charge < -0.3 is 0 Å². The predicted molar refractivity (Wildman–Crippen MR) is 53.6 cm³/mol. The Hall–Kier alpha value is -1.71. The van der Waals surface area contributed by atoms with Crippen molar-refractivity contribution in [1.29, 1.82) is 0 Å². The molecule has 72 valence electrons. The van der Waals surface area contributed by atoms with Crippen molar-refractivity contribution in [3.8, 4) is 11.4 Å². The number of nitrogens with zero attached hydrogens (tertiary/aromatic N) is 4. The average molecular weight is 188 g/mol. The van der Waals surface area contributed by atoms with Crippen molar-refractivity contribution in [2.75, 3.05) is 0 Å². The molecule has 0 saturated heterocycles. The number of aryl methyl sites for hydroxylation is 2. The van der Waals surface area contributed by atoms with E-state index in [-0.39, 0.29) is 0 Å². The van der Waals surface area contributed by atoms with E-state index in [1.165, 1.54) is 10.4 Å². The van der Waals surface area contributed by atoms with Crippen LogP contribution in [0, 0.1) is 0 Å². The fourth-order valence-electron chi connectivity index (χ4n) is 1.33. The Labute approximate surface area is 82.6 Å². The summed E-state index contributed by atoms with van der Waals surface area (Å²) in [4.78, 5) is 1.47. The summed E-state index contributed by atoms with van der Waals surface area (Å²) in [6.45, 7) is 2.13. The van der Waals surface area contributed by atoms with E-state index >= 15 is 0 Å². The molecule has 2 rings (SSSR count). The fourth-order valence-corrected chi connectivity index (χ4v) is 1.33. The maximum absolute atomic E-state index is 4.15. The van der Waals surface area contributed by atoms with E-state index < -0.39 is 0 Å². The maximum atomic E-state index is 4.15. The van der Waals surface area contributed by atoms with Crippen molar-refractivity contribution < 1.29 is 0 Å². The Bertz CT molecular complexity index is 433. The molecular weight excluding hydrogens is 176 g/mol. The first-order valence-corrected chi connectivity index (χ1v) is 4.63. The zero-order chi connectivity index (χ0) is 9.97. The molecule has 4 heteroatoms. The van der Waals surface area contributed by atoms with Crippen LogP contribution in [0.2, 0.25) is 0 Å². The number of hydrogen-bond acceptors (Lipinski definition) is 3. The molecule has 0 bridgehead atoms. The lowest BCUT2D eigenvalue weighted by Gasteiger charge is -1.98. The molecule has 0 radical (unpaired) electrons. The minimum Gasteiger partial charge on any atom is -0.167 e. The average Bonchev–Trinajstić information content (AvgIpc) is 2.65. The quantitative estimate of drug-likeness (QED) is 0.716. The zero-order valence-corrected chi connectivity index (χ0v) is 8.31. The van der Waals surface area contributed by atoms with Crippen LogP contribution in [0.4, 0.5) is 0 Å². The minimum atomic E-state index is 0.683. The largest absolute Gasteiger partial charge is 0.204 e. The topological polar surface area (TPSA) is 43.6 Å². The SMILES string of the molecule is CCc1cccc(-c2nnn(C)n2)c1. The molecule has 4 nitrogen and oxygen atoms in total. The van der Waals surface area contributed by atoms with Crippen LogP contribution in [0.1, 0.15) is 12.5 Å². The Morgan fingerprint density at radius 3 is 2.86 bits per heavy atom. The number of benzene rings is 1. The highest BCUT2D eigenvalue weighted by Gasteiger charge is 2.03. The third kappa shape index (κ3) is 1.64. The second-order valence-corrected chi connectivity index (χ2v) is 3.16. The highest BCUT2D eigenvalue weighted by molar-refractivity contribution is 5.54. The summed E-state index contributed by atoms with van der Waals surface area (Å²) in [6, 6.07) is 8.21. The monoisotopic (exact) mass is 188 g/mol. The first kappa shape index (κ1) is 8.87. The van der Waals surface area contributed by atoms with Crippen LogP contribution >= 0.6 is 0 Å².